The van der Waals surface area contributed by atoms with Gasteiger partial charge in [0.2, 0.25) is 0 Å². The molecule has 2 aromatic rings. The smallest absolute Gasteiger partial charge is 0.295 e. The fourth-order valence-electron chi connectivity index (χ4n) is 5.00. The molecule has 6 heteroatoms. The molecule has 1 unspecified atom stereocenters. The lowest BCUT2D eigenvalue weighted by Crippen LogP contribution is -2.40. The van der Waals surface area contributed by atoms with Crippen LogP contribution in [0.2, 0.25) is 0 Å². The summed E-state index contributed by atoms with van der Waals surface area (Å²) in [6.45, 7) is 1.96. The lowest BCUT2D eigenvalue weighted by atomic mass is 9.89. The van der Waals surface area contributed by atoms with Gasteiger partial charge in [-0.1, -0.05) is 49.6 Å². The van der Waals surface area contributed by atoms with E-state index in [2.05, 4.69) is 0 Å². The summed E-state index contributed by atoms with van der Waals surface area (Å²) < 4.78 is 10.9. The monoisotopic (exact) mass is 435 g/mol. The van der Waals surface area contributed by atoms with Gasteiger partial charge in [-0.3, -0.25) is 9.59 Å². The summed E-state index contributed by atoms with van der Waals surface area (Å²) in [5.41, 5.74) is 2.15. The van der Waals surface area contributed by atoms with E-state index in [9.17, 15) is 14.7 Å². The van der Waals surface area contributed by atoms with Crippen molar-refractivity contribution in [2.45, 2.75) is 51.1 Å². The third-order valence-corrected chi connectivity index (χ3v) is 6.60. The van der Waals surface area contributed by atoms with E-state index in [0.717, 1.165) is 43.2 Å². The number of aliphatic hydroxyl groups excluding tert-OH is 1. The van der Waals surface area contributed by atoms with Gasteiger partial charge in [-0.25, -0.2) is 0 Å². The second-order valence-electron chi connectivity index (χ2n) is 8.39. The summed E-state index contributed by atoms with van der Waals surface area (Å²) in [5, 5.41) is 11.5. The molecule has 1 saturated heterocycles. The van der Waals surface area contributed by atoms with E-state index in [4.69, 9.17) is 9.47 Å². The quantitative estimate of drug-likeness (QED) is 0.416. The third kappa shape index (κ3) is 3.64. The molecule has 1 aliphatic heterocycles. The Morgan fingerprint density at radius 1 is 0.938 bits per heavy atom. The number of aryl methyl sites for hydroxylation is 1. The van der Waals surface area contributed by atoms with Crippen molar-refractivity contribution in [1.29, 1.82) is 0 Å². The van der Waals surface area contributed by atoms with Gasteiger partial charge in [0.1, 0.15) is 22.8 Å². The Balaban J connectivity index is 1.97. The van der Waals surface area contributed by atoms with Crippen LogP contribution in [-0.4, -0.2) is 42.0 Å². The maximum atomic E-state index is 13.4. The summed E-state index contributed by atoms with van der Waals surface area (Å²) in [7, 11) is 2.98. The fourth-order valence-corrected chi connectivity index (χ4v) is 5.00. The number of carbonyl (C=O) groups is 2. The number of benzene rings is 2. The van der Waals surface area contributed by atoms with Gasteiger partial charge in [0.15, 0.2) is 0 Å². The Labute approximate surface area is 188 Å². The number of hydrogen-bond donors (Lipinski definition) is 1. The molecular formula is C26H29NO5. The van der Waals surface area contributed by atoms with Crippen LogP contribution in [0.15, 0.2) is 48.0 Å². The molecule has 4 rings (SSSR count). The van der Waals surface area contributed by atoms with Crippen molar-refractivity contribution in [1.82, 2.24) is 4.90 Å². The van der Waals surface area contributed by atoms with Gasteiger partial charge in [-0.2, -0.15) is 0 Å². The number of ether oxygens (including phenoxy) is 2. The number of ketones is 1. The van der Waals surface area contributed by atoms with Crippen molar-refractivity contribution >= 4 is 17.4 Å². The summed E-state index contributed by atoms with van der Waals surface area (Å²) in [4.78, 5) is 28.4. The van der Waals surface area contributed by atoms with Crippen LogP contribution in [0.1, 0.15) is 54.8 Å². The lowest BCUT2D eigenvalue weighted by molar-refractivity contribution is -0.141. The van der Waals surface area contributed by atoms with Crippen molar-refractivity contribution in [3.8, 4) is 11.5 Å². The Morgan fingerprint density at radius 2 is 1.56 bits per heavy atom. The van der Waals surface area contributed by atoms with Crippen LogP contribution >= 0.6 is 0 Å². The zero-order valence-electron chi connectivity index (χ0n) is 18.8. The number of carbonyl (C=O) groups excluding carboxylic acids is 2. The molecule has 1 aliphatic carbocycles. The molecule has 0 aromatic heterocycles. The molecule has 1 N–H and O–H groups in total. The van der Waals surface area contributed by atoms with Crippen LogP contribution in [0.4, 0.5) is 0 Å². The Morgan fingerprint density at radius 3 is 2.16 bits per heavy atom. The molecule has 2 aliphatic rings. The number of methoxy groups -OCH3 is 2. The summed E-state index contributed by atoms with van der Waals surface area (Å²) in [6.07, 6.45) is 4.89. The second kappa shape index (κ2) is 9.07. The van der Waals surface area contributed by atoms with Gasteiger partial charge in [-0.15, -0.1) is 0 Å². The maximum absolute atomic E-state index is 13.4. The van der Waals surface area contributed by atoms with E-state index in [1.165, 1.54) is 14.2 Å². The lowest BCUT2D eigenvalue weighted by Gasteiger charge is -2.36. The summed E-state index contributed by atoms with van der Waals surface area (Å²) in [6, 6.07) is 12.1. The molecule has 1 saturated carbocycles. The highest BCUT2D eigenvalue weighted by Gasteiger charge is 2.49. The molecule has 1 atom stereocenters. The predicted molar refractivity (Wildman–Crippen MR) is 122 cm³/mol. The Hall–Kier alpha value is -3.28. The first-order valence-corrected chi connectivity index (χ1v) is 11.1. The second-order valence-corrected chi connectivity index (χ2v) is 8.39. The van der Waals surface area contributed by atoms with Crippen LogP contribution in [-0.2, 0) is 9.59 Å². The van der Waals surface area contributed by atoms with Crippen molar-refractivity contribution in [2.24, 2.45) is 0 Å². The van der Waals surface area contributed by atoms with Gasteiger partial charge < -0.3 is 19.5 Å². The van der Waals surface area contributed by atoms with Gasteiger partial charge >= 0.3 is 0 Å². The minimum Gasteiger partial charge on any atom is -0.506 e. The number of hydrogen-bond acceptors (Lipinski definition) is 5. The van der Waals surface area contributed by atoms with Crippen molar-refractivity contribution in [3.63, 3.8) is 0 Å². The molecule has 0 bridgehead atoms. The van der Waals surface area contributed by atoms with E-state index >= 15 is 0 Å². The average Bonchev–Trinajstić information content (AvgIpc) is 3.09. The molecule has 32 heavy (non-hydrogen) atoms. The van der Waals surface area contributed by atoms with Crippen LogP contribution in [0.3, 0.4) is 0 Å². The number of likely N-dealkylation sites (tertiary alicyclic amines) is 1. The molecule has 1 heterocycles. The van der Waals surface area contributed by atoms with Crippen LogP contribution < -0.4 is 9.47 Å². The summed E-state index contributed by atoms with van der Waals surface area (Å²) in [5.74, 6) is -0.762. The normalized spacial score (nSPS) is 21.1. The zero-order valence-corrected chi connectivity index (χ0v) is 18.8. The third-order valence-electron chi connectivity index (χ3n) is 6.60. The zero-order chi connectivity index (χ0) is 22.8. The van der Waals surface area contributed by atoms with E-state index < -0.39 is 17.7 Å². The topological polar surface area (TPSA) is 76.1 Å². The highest BCUT2D eigenvalue weighted by Crippen LogP contribution is 2.46. The minimum atomic E-state index is -0.672. The minimum absolute atomic E-state index is 0.0327. The molecule has 0 radical (unpaired) electrons. The number of Topliss-reactive ketones (excluding diaryl/α,β-unsaturated/α-hetero) is 1. The van der Waals surface area contributed by atoms with Crippen LogP contribution in [0, 0.1) is 6.92 Å². The first kappa shape index (κ1) is 21.9. The van der Waals surface area contributed by atoms with E-state index in [0.29, 0.717) is 11.5 Å². The molecule has 168 valence electrons. The van der Waals surface area contributed by atoms with E-state index in [-0.39, 0.29) is 22.9 Å². The highest BCUT2D eigenvalue weighted by molar-refractivity contribution is 6.46. The maximum Gasteiger partial charge on any atom is 0.295 e. The largest absolute Gasteiger partial charge is 0.506 e. The molecule has 0 spiro atoms. The number of aliphatic hydroxyl groups is 1. The average molecular weight is 436 g/mol. The number of rotatable bonds is 5. The Kier molecular flexibility index (Phi) is 6.21. The van der Waals surface area contributed by atoms with Gasteiger partial charge in [-0.05, 0) is 43.0 Å². The van der Waals surface area contributed by atoms with Crippen LogP contribution in [0.5, 0.6) is 11.5 Å². The molecule has 2 aromatic carbocycles. The molecule has 6 nitrogen and oxygen atoms in total. The first-order chi connectivity index (χ1) is 15.5. The van der Waals surface area contributed by atoms with E-state index in [1.807, 2.05) is 31.2 Å². The van der Waals surface area contributed by atoms with Gasteiger partial charge in [0.25, 0.3) is 11.7 Å². The molecule has 2 fully saturated rings. The first-order valence-electron chi connectivity index (χ1n) is 11.1. The van der Waals surface area contributed by atoms with Crippen LogP contribution in [0.25, 0.3) is 5.76 Å². The predicted octanol–water partition coefficient (Wildman–Crippen LogP) is 4.77. The highest BCUT2D eigenvalue weighted by atomic mass is 16.5. The summed E-state index contributed by atoms with van der Waals surface area (Å²) >= 11 is 0. The SMILES string of the molecule is COc1cccc(OC)c1/C(O)=C1\C(=O)C(=O)N(C2CCCCC2)C1c1ccccc1C. The number of amides is 1. The molecular weight excluding hydrogens is 406 g/mol. The van der Waals surface area contributed by atoms with Crippen molar-refractivity contribution in [2.75, 3.05) is 14.2 Å². The Bertz CT molecular complexity index is 1050. The van der Waals surface area contributed by atoms with Crippen molar-refractivity contribution < 1.29 is 24.2 Å². The standard InChI is InChI=1S/C26H29NO5/c1-16-10-7-8-13-18(16)23-22(24(28)21-19(31-2)14-9-15-20(21)32-3)25(29)26(30)27(23)17-11-5-4-6-12-17/h7-10,13-15,17,23,28H,4-6,11-12H2,1-3H3/b24-22+. The van der Waals surface area contributed by atoms with Crippen molar-refractivity contribution in [3.05, 3.63) is 64.7 Å². The number of nitrogens with zero attached hydrogens (tertiary/aromatic N) is 1. The van der Waals surface area contributed by atoms with Gasteiger partial charge in [0.05, 0.1) is 25.8 Å². The molecule has 1 amide bonds. The fraction of sp³-hybridized carbons (Fsp3) is 0.385. The van der Waals surface area contributed by atoms with E-state index in [1.54, 1.807) is 23.1 Å². The van der Waals surface area contributed by atoms with Gasteiger partial charge in [0, 0.05) is 6.04 Å².